The molecule has 8 nitrogen and oxygen atoms in total. The third-order valence-corrected chi connectivity index (χ3v) is 5.74. The van der Waals surface area contributed by atoms with E-state index in [1.54, 1.807) is 18.0 Å². The van der Waals surface area contributed by atoms with Crippen molar-refractivity contribution >= 4 is 40.8 Å². The van der Waals surface area contributed by atoms with E-state index in [0.717, 1.165) is 17.7 Å². The van der Waals surface area contributed by atoms with Crippen molar-refractivity contribution in [2.24, 2.45) is 0 Å². The molecule has 1 saturated heterocycles. The van der Waals surface area contributed by atoms with E-state index in [1.165, 1.54) is 6.07 Å². The van der Waals surface area contributed by atoms with Gasteiger partial charge in [-0.2, -0.15) is 13.2 Å². The van der Waals surface area contributed by atoms with Crippen molar-refractivity contribution < 1.29 is 18.0 Å². The zero-order valence-electron chi connectivity index (χ0n) is 19.0. The summed E-state index contributed by atoms with van der Waals surface area (Å²) in [5.74, 6) is 2.57. The highest BCUT2D eigenvalue weighted by molar-refractivity contribution is 6.31. The molecule has 0 spiro atoms. The second-order valence-corrected chi connectivity index (χ2v) is 8.51. The van der Waals surface area contributed by atoms with Gasteiger partial charge < -0.3 is 20.4 Å². The molecule has 0 aliphatic carbocycles. The summed E-state index contributed by atoms with van der Waals surface area (Å²) in [5.41, 5.74) is 0.100. The number of carbonyl (C=O) groups is 1. The fraction of sp³-hybridized carbons (Fsp3) is 0.304. The number of benzene rings is 1. The molecule has 184 valence electrons. The molecule has 35 heavy (non-hydrogen) atoms. The van der Waals surface area contributed by atoms with Crippen LogP contribution in [0.25, 0.3) is 0 Å². The predicted molar refractivity (Wildman–Crippen MR) is 128 cm³/mol. The van der Waals surface area contributed by atoms with Gasteiger partial charge in [-0.3, -0.25) is 0 Å². The maximum absolute atomic E-state index is 13.1. The van der Waals surface area contributed by atoms with Gasteiger partial charge in [-0.25, -0.2) is 19.7 Å². The Morgan fingerprint density at radius 2 is 1.74 bits per heavy atom. The van der Waals surface area contributed by atoms with Crippen LogP contribution in [-0.4, -0.2) is 52.1 Å². The number of aryl methyl sites for hydroxylation is 2. The number of anilines is 4. The molecule has 3 heterocycles. The Morgan fingerprint density at radius 3 is 2.43 bits per heavy atom. The van der Waals surface area contributed by atoms with Gasteiger partial charge in [-0.05, 0) is 49.7 Å². The van der Waals surface area contributed by atoms with Crippen molar-refractivity contribution in [2.75, 3.05) is 41.7 Å². The van der Waals surface area contributed by atoms with Crippen LogP contribution in [0.15, 0.2) is 42.6 Å². The van der Waals surface area contributed by atoms with Crippen LogP contribution in [0.4, 0.5) is 41.1 Å². The monoisotopic (exact) mass is 505 g/mol. The smallest absolute Gasteiger partial charge is 0.353 e. The van der Waals surface area contributed by atoms with E-state index in [-0.39, 0.29) is 5.69 Å². The average Bonchev–Trinajstić information content (AvgIpc) is 2.79. The molecule has 0 unspecified atom stereocenters. The van der Waals surface area contributed by atoms with E-state index in [2.05, 4.69) is 25.6 Å². The van der Waals surface area contributed by atoms with Gasteiger partial charge in [-0.15, -0.1) is 0 Å². The minimum Gasteiger partial charge on any atom is -0.353 e. The Kier molecular flexibility index (Phi) is 6.97. The molecule has 0 bridgehead atoms. The zero-order valence-corrected chi connectivity index (χ0v) is 19.8. The van der Waals surface area contributed by atoms with Gasteiger partial charge >= 0.3 is 12.2 Å². The summed E-state index contributed by atoms with van der Waals surface area (Å²) >= 11 is 5.65. The van der Waals surface area contributed by atoms with E-state index in [1.807, 2.05) is 30.0 Å². The number of alkyl halides is 3. The lowest BCUT2D eigenvalue weighted by Crippen LogP contribution is -2.50. The van der Waals surface area contributed by atoms with Crippen molar-refractivity contribution in [3.8, 4) is 0 Å². The first-order valence-electron chi connectivity index (χ1n) is 10.8. The van der Waals surface area contributed by atoms with Gasteiger partial charge in [0, 0.05) is 44.1 Å². The third-order valence-electron chi connectivity index (χ3n) is 5.41. The van der Waals surface area contributed by atoms with Crippen molar-refractivity contribution in [3.05, 3.63) is 64.6 Å². The molecular weight excluding hydrogens is 483 g/mol. The van der Waals surface area contributed by atoms with E-state index in [0.29, 0.717) is 49.5 Å². The highest BCUT2D eigenvalue weighted by atomic mass is 35.5. The third kappa shape index (κ3) is 6.10. The van der Waals surface area contributed by atoms with Crippen LogP contribution in [0, 0.1) is 13.8 Å². The normalized spacial score (nSPS) is 14.1. The number of amides is 2. The van der Waals surface area contributed by atoms with Crippen molar-refractivity contribution in [3.63, 3.8) is 0 Å². The number of rotatable bonds is 4. The van der Waals surface area contributed by atoms with Gasteiger partial charge in [0.1, 0.15) is 23.3 Å². The van der Waals surface area contributed by atoms with Crippen LogP contribution in [0.2, 0.25) is 5.02 Å². The number of aromatic nitrogens is 3. The quantitative estimate of drug-likeness (QED) is 0.503. The van der Waals surface area contributed by atoms with Gasteiger partial charge in [0.05, 0.1) is 10.6 Å². The summed E-state index contributed by atoms with van der Waals surface area (Å²) in [7, 11) is 0. The number of carbonyl (C=O) groups excluding carboxylic acids is 1. The van der Waals surface area contributed by atoms with Crippen LogP contribution < -0.4 is 15.5 Å². The largest absolute Gasteiger partial charge is 0.417 e. The summed E-state index contributed by atoms with van der Waals surface area (Å²) < 4.78 is 39.3. The van der Waals surface area contributed by atoms with Gasteiger partial charge in [0.15, 0.2) is 0 Å². The Hall–Kier alpha value is -3.60. The first kappa shape index (κ1) is 24.5. The topological polar surface area (TPSA) is 86.3 Å². The fourth-order valence-corrected chi connectivity index (χ4v) is 3.90. The molecular formula is C23H23ClF3N7O. The molecule has 1 aliphatic rings. The second-order valence-electron chi connectivity index (χ2n) is 8.10. The molecule has 12 heteroatoms. The van der Waals surface area contributed by atoms with E-state index >= 15 is 0 Å². The SMILES string of the molecule is Cc1ccnc(Nc2cc(N3CCN(C(=O)Nc4ccc(Cl)c(C(F)(F)F)c4)CC3)nc(C)n2)c1. The van der Waals surface area contributed by atoms with Crippen molar-refractivity contribution in [1.29, 1.82) is 0 Å². The Morgan fingerprint density at radius 1 is 1.00 bits per heavy atom. The number of nitrogens with one attached hydrogen (secondary N) is 2. The number of hydrogen-bond donors (Lipinski definition) is 2. The van der Waals surface area contributed by atoms with Crippen LogP contribution in [0.1, 0.15) is 17.0 Å². The van der Waals surface area contributed by atoms with E-state index < -0.39 is 22.8 Å². The first-order valence-corrected chi connectivity index (χ1v) is 11.2. The summed E-state index contributed by atoms with van der Waals surface area (Å²) in [4.78, 5) is 29.4. The van der Waals surface area contributed by atoms with Crippen LogP contribution in [-0.2, 0) is 6.18 Å². The fourth-order valence-electron chi connectivity index (χ4n) is 3.68. The Bertz CT molecular complexity index is 1230. The molecule has 1 aromatic carbocycles. The Labute approximate surface area is 205 Å². The molecule has 0 saturated carbocycles. The number of halogens is 4. The molecule has 1 aliphatic heterocycles. The highest BCUT2D eigenvalue weighted by Crippen LogP contribution is 2.36. The average molecular weight is 506 g/mol. The molecule has 1 fully saturated rings. The molecule has 0 atom stereocenters. The van der Waals surface area contributed by atoms with Crippen LogP contribution >= 0.6 is 11.6 Å². The Balaban J connectivity index is 1.39. The lowest BCUT2D eigenvalue weighted by Gasteiger charge is -2.35. The minimum atomic E-state index is -4.61. The van der Waals surface area contributed by atoms with E-state index in [4.69, 9.17) is 11.6 Å². The second kappa shape index (κ2) is 9.95. The van der Waals surface area contributed by atoms with Crippen molar-refractivity contribution in [1.82, 2.24) is 19.9 Å². The maximum Gasteiger partial charge on any atom is 0.417 e. The molecule has 3 aromatic rings. The van der Waals surface area contributed by atoms with Crippen molar-refractivity contribution in [2.45, 2.75) is 20.0 Å². The highest BCUT2D eigenvalue weighted by Gasteiger charge is 2.33. The van der Waals surface area contributed by atoms with Crippen LogP contribution in [0.5, 0.6) is 0 Å². The molecule has 4 rings (SSSR count). The molecule has 2 amide bonds. The minimum absolute atomic E-state index is 0.0288. The summed E-state index contributed by atoms with van der Waals surface area (Å²) in [6.45, 7) is 5.51. The number of urea groups is 1. The molecule has 0 radical (unpaired) electrons. The van der Waals surface area contributed by atoms with Crippen LogP contribution in [0.3, 0.4) is 0 Å². The number of pyridine rings is 1. The summed E-state index contributed by atoms with van der Waals surface area (Å²) in [6, 6.07) is 8.44. The van der Waals surface area contributed by atoms with Gasteiger partial charge in [-0.1, -0.05) is 11.6 Å². The summed E-state index contributed by atoms with van der Waals surface area (Å²) in [5, 5.41) is 5.29. The first-order chi connectivity index (χ1) is 16.6. The van der Waals surface area contributed by atoms with Gasteiger partial charge in [0.2, 0.25) is 0 Å². The van der Waals surface area contributed by atoms with Gasteiger partial charge in [0.25, 0.3) is 0 Å². The lowest BCUT2D eigenvalue weighted by atomic mass is 10.2. The molecule has 2 aromatic heterocycles. The maximum atomic E-state index is 13.1. The number of hydrogen-bond acceptors (Lipinski definition) is 6. The molecule has 2 N–H and O–H groups in total. The lowest BCUT2D eigenvalue weighted by molar-refractivity contribution is -0.137. The predicted octanol–water partition coefficient (Wildman–Crippen LogP) is 5.26. The number of nitrogens with zero attached hydrogens (tertiary/aromatic N) is 5. The van der Waals surface area contributed by atoms with E-state index in [9.17, 15) is 18.0 Å². The number of piperazine rings is 1. The standard InChI is InChI=1S/C23H23ClF3N7O/c1-14-5-6-28-19(11-14)32-20-13-21(30-15(2)29-20)33-7-9-34(10-8-33)22(35)31-16-3-4-18(24)17(12-16)23(25,26)27/h3-6,11-13H,7-10H2,1-2H3,(H,31,35)(H,28,29,30,32). The summed E-state index contributed by atoms with van der Waals surface area (Å²) in [6.07, 6.45) is -2.90. The zero-order chi connectivity index (χ0) is 25.2.